The van der Waals surface area contributed by atoms with Crippen LogP contribution in [0.4, 0.5) is 5.82 Å². The fraction of sp³-hybridized carbons (Fsp3) is 0.647. The van der Waals surface area contributed by atoms with Crippen LogP contribution in [0.5, 0.6) is 0 Å². The lowest BCUT2D eigenvalue weighted by Gasteiger charge is -2.37. The highest BCUT2D eigenvalue weighted by molar-refractivity contribution is 6.29. The Bertz CT molecular complexity index is 587. The number of ether oxygens (including phenoxy) is 2. The van der Waals surface area contributed by atoms with Gasteiger partial charge in [0.25, 0.3) is 0 Å². The zero-order valence-electron chi connectivity index (χ0n) is 14.6. The Kier molecular flexibility index (Phi) is 6.47. The number of hydrogen-bond acceptors (Lipinski definition) is 7. The van der Waals surface area contributed by atoms with Gasteiger partial charge in [0.15, 0.2) is 0 Å². The van der Waals surface area contributed by atoms with Crippen molar-refractivity contribution < 1.29 is 14.3 Å². The molecule has 0 bridgehead atoms. The first-order chi connectivity index (χ1) is 12.2. The van der Waals surface area contributed by atoms with Crippen LogP contribution in [0, 0.1) is 0 Å². The summed E-state index contributed by atoms with van der Waals surface area (Å²) in [6.45, 7) is 9.61. The van der Waals surface area contributed by atoms with Crippen molar-refractivity contribution in [3.05, 3.63) is 22.8 Å². The highest BCUT2D eigenvalue weighted by atomic mass is 35.5. The molecule has 7 nitrogen and oxygen atoms in total. The molecule has 3 rings (SSSR count). The number of nitrogens with zero attached hydrogens (tertiary/aromatic N) is 4. The molecule has 3 heterocycles. The first-order valence-corrected chi connectivity index (χ1v) is 9.07. The topological polar surface area (TPSA) is 58.1 Å². The third kappa shape index (κ3) is 5.04. The van der Waals surface area contributed by atoms with Crippen molar-refractivity contribution in [3.63, 3.8) is 0 Å². The lowest BCUT2D eigenvalue weighted by atomic mass is 10.2. The summed E-state index contributed by atoms with van der Waals surface area (Å²) in [5.74, 6) is 0.343. The van der Waals surface area contributed by atoms with Crippen molar-refractivity contribution >= 4 is 23.4 Å². The second-order valence-corrected chi connectivity index (χ2v) is 6.70. The third-order valence-electron chi connectivity index (χ3n) is 4.73. The van der Waals surface area contributed by atoms with E-state index >= 15 is 0 Å². The molecule has 2 aliphatic rings. The van der Waals surface area contributed by atoms with Gasteiger partial charge in [0, 0.05) is 52.4 Å². The summed E-state index contributed by atoms with van der Waals surface area (Å²) in [7, 11) is 1.36. The molecule has 1 aromatic heterocycles. The maximum atomic E-state index is 11.7. The van der Waals surface area contributed by atoms with E-state index in [1.165, 1.54) is 13.2 Å². The average Bonchev–Trinajstić information content (AvgIpc) is 2.66. The SMILES string of the molecule is COC(=O)c1cc(Cl)nc(N2CCN(CCN3CCOCC3)CC2)c1. The van der Waals surface area contributed by atoms with Crippen LogP contribution < -0.4 is 4.90 Å². The predicted octanol–water partition coefficient (Wildman–Crippen LogP) is 0.976. The van der Waals surface area contributed by atoms with Crippen molar-refractivity contribution in [2.24, 2.45) is 0 Å². The molecule has 0 atom stereocenters. The number of aromatic nitrogens is 1. The van der Waals surface area contributed by atoms with Crippen LogP contribution in [0.2, 0.25) is 5.15 Å². The van der Waals surface area contributed by atoms with Gasteiger partial charge in [-0.1, -0.05) is 11.6 Å². The second kappa shape index (κ2) is 8.80. The minimum Gasteiger partial charge on any atom is -0.465 e. The largest absolute Gasteiger partial charge is 0.465 e. The molecule has 138 valence electrons. The predicted molar refractivity (Wildman–Crippen MR) is 96.5 cm³/mol. The van der Waals surface area contributed by atoms with Crippen LogP contribution >= 0.6 is 11.6 Å². The monoisotopic (exact) mass is 368 g/mol. The van der Waals surface area contributed by atoms with Crippen LogP contribution in [-0.4, -0.2) is 93.4 Å². The van der Waals surface area contributed by atoms with Crippen molar-refractivity contribution in [1.29, 1.82) is 0 Å². The Morgan fingerprint density at radius 2 is 1.76 bits per heavy atom. The Balaban J connectivity index is 1.51. The molecule has 0 N–H and O–H groups in total. The average molecular weight is 369 g/mol. The minimum atomic E-state index is -0.394. The molecule has 0 unspecified atom stereocenters. The van der Waals surface area contributed by atoms with Gasteiger partial charge < -0.3 is 14.4 Å². The Labute approximate surface area is 153 Å². The molecular formula is C17H25ClN4O3. The molecule has 1 aromatic rings. The van der Waals surface area contributed by atoms with Gasteiger partial charge >= 0.3 is 5.97 Å². The highest BCUT2D eigenvalue weighted by Crippen LogP contribution is 2.20. The summed E-state index contributed by atoms with van der Waals surface area (Å²) in [6, 6.07) is 3.29. The molecule has 0 spiro atoms. The molecule has 25 heavy (non-hydrogen) atoms. The van der Waals surface area contributed by atoms with E-state index < -0.39 is 5.97 Å². The van der Waals surface area contributed by atoms with E-state index in [1.54, 1.807) is 6.07 Å². The maximum absolute atomic E-state index is 11.7. The van der Waals surface area contributed by atoms with Gasteiger partial charge in [-0.25, -0.2) is 9.78 Å². The molecule has 2 fully saturated rings. The third-order valence-corrected chi connectivity index (χ3v) is 4.93. The molecule has 2 saturated heterocycles. The lowest BCUT2D eigenvalue weighted by Crippen LogP contribution is -2.49. The molecular weight excluding hydrogens is 344 g/mol. The Hall–Kier alpha value is -1.41. The van der Waals surface area contributed by atoms with Crippen LogP contribution in [0.25, 0.3) is 0 Å². The summed E-state index contributed by atoms with van der Waals surface area (Å²) < 4.78 is 10.2. The van der Waals surface area contributed by atoms with E-state index in [0.717, 1.165) is 71.4 Å². The molecule has 0 aromatic carbocycles. The Morgan fingerprint density at radius 1 is 1.12 bits per heavy atom. The van der Waals surface area contributed by atoms with Crippen LogP contribution in [0.15, 0.2) is 12.1 Å². The summed E-state index contributed by atoms with van der Waals surface area (Å²) in [5, 5.41) is 0.313. The molecule has 0 aliphatic carbocycles. The summed E-state index contributed by atoms with van der Waals surface area (Å²) in [6.07, 6.45) is 0. The number of hydrogen-bond donors (Lipinski definition) is 0. The van der Waals surface area contributed by atoms with Gasteiger partial charge in [-0.2, -0.15) is 0 Å². The number of methoxy groups -OCH3 is 1. The van der Waals surface area contributed by atoms with Gasteiger partial charge in [-0.15, -0.1) is 0 Å². The highest BCUT2D eigenvalue weighted by Gasteiger charge is 2.21. The first kappa shape index (κ1) is 18.4. The summed E-state index contributed by atoms with van der Waals surface area (Å²) in [5.41, 5.74) is 0.437. The minimum absolute atomic E-state index is 0.313. The number of halogens is 1. The normalized spacial score (nSPS) is 19.8. The number of carbonyl (C=O) groups is 1. The zero-order chi connectivity index (χ0) is 17.6. The van der Waals surface area contributed by atoms with Gasteiger partial charge in [-0.3, -0.25) is 9.80 Å². The zero-order valence-corrected chi connectivity index (χ0v) is 15.4. The lowest BCUT2D eigenvalue weighted by molar-refractivity contribution is 0.0331. The van der Waals surface area contributed by atoms with E-state index in [0.29, 0.717) is 10.7 Å². The number of esters is 1. The molecule has 0 radical (unpaired) electrons. The van der Waals surface area contributed by atoms with E-state index in [9.17, 15) is 4.79 Å². The summed E-state index contributed by atoms with van der Waals surface area (Å²) >= 11 is 6.06. The van der Waals surface area contributed by atoms with Crippen molar-refractivity contribution in [3.8, 4) is 0 Å². The molecule has 8 heteroatoms. The smallest absolute Gasteiger partial charge is 0.338 e. The van der Waals surface area contributed by atoms with Crippen molar-refractivity contribution in [2.45, 2.75) is 0 Å². The van der Waals surface area contributed by atoms with E-state index in [-0.39, 0.29) is 0 Å². The first-order valence-electron chi connectivity index (χ1n) is 8.69. The van der Waals surface area contributed by atoms with E-state index in [2.05, 4.69) is 19.7 Å². The van der Waals surface area contributed by atoms with Crippen LogP contribution in [-0.2, 0) is 9.47 Å². The molecule has 2 aliphatic heterocycles. The quantitative estimate of drug-likeness (QED) is 0.567. The number of morpholine rings is 1. The molecule has 0 amide bonds. The van der Waals surface area contributed by atoms with Crippen molar-refractivity contribution in [1.82, 2.24) is 14.8 Å². The fourth-order valence-corrected chi connectivity index (χ4v) is 3.39. The van der Waals surface area contributed by atoms with Gasteiger partial charge in [0.05, 0.1) is 25.9 Å². The van der Waals surface area contributed by atoms with Crippen LogP contribution in [0.1, 0.15) is 10.4 Å². The van der Waals surface area contributed by atoms with Crippen LogP contribution in [0.3, 0.4) is 0 Å². The Morgan fingerprint density at radius 3 is 2.40 bits per heavy atom. The number of pyridine rings is 1. The standard InChI is InChI=1S/C17H25ClN4O3/c1-24-17(23)14-12-15(18)19-16(13-14)22-6-4-20(5-7-22)2-3-21-8-10-25-11-9-21/h12-13H,2-11H2,1H3. The number of piperazine rings is 1. The maximum Gasteiger partial charge on any atom is 0.338 e. The van der Waals surface area contributed by atoms with E-state index in [4.69, 9.17) is 21.1 Å². The van der Waals surface area contributed by atoms with Gasteiger partial charge in [0.1, 0.15) is 11.0 Å². The fourth-order valence-electron chi connectivity index (χ4n) is 3.19. The molecule has 0 saturated carbocycles. The number of anilines is 1. The van der Waals surface area contributed by atoms with Crippen molar-refractivity contribution in [2.75, 3.05) is 77.6 Å². The summed E-state index contributed by atoms with van der Waals surface area (Å²) in [4.78, 5) is 23.2. The van der Waals surface area contributed by atoms with Gasteiger partial charge in [0.2, 0.25) is 0 Å². The number of rotatable bonds is 5. The number of carbonyl (C=O) groups excluding carboxylic acids is 1. The van der Waals surface area contributed by atoms with Gasteiger partial charge in [-0.05, 0) is 12.1 Å². The second-order valence-electron chi connectivity index (χ2n) is 6.31. The van der Waals surface area contributed by atoms with E-state index in [1.807, 2.05) is 0 Å².